The van der Waals surface area contributed by atoms with Crippen molar-refractivity contribution >= 4 is 5.91 Å². The highest BCUT2D eigenvalue weighted by Gasteiger charge is 2.35. The van der Waals surface area contributed by atoms with Gasteiger partial charge < -0.3 is 9.64 Å². The van der Waals surface area contributed by atoms with E-state index in [-0.39, 0.29) is 17.8 Å². The number of carbonyl (C=O) groups excluding carboxylic acids is 1. The molecule has 0 aliphatic carbocycles. The van der Waals surface area contributed by atoms with E-state index >= 15 is 0 Å². The van der Waals surface area contributed by atoms with Gasteiger partial charge in [0.1, 0.15) is 5.82 Å². The zero-order chi connectivity index (χ0) is 15.2. The molecule has 0 bridgehead atoms. The van der Waals surface area contributed by atoms with E-state index in [1.807, 2.05) is 11.0 Å². The smallest absolute Gasteiger partial charge is 0.223 e. The second kappa shape index (κ2) is 7.55. The van der Waals surface area contributed by atoms with Gasteiger partial charge in [-0.1, -0.05) is 19.1 Å². The Bertz CT molecular complexity index is 478. The lowest BCUT2D eigenvalue weighted by Crippen LogP contribution is -2.31. The first-order valence-corrected chi connectivity index (χ1v) is 7.67. The lowest BCUT2D eigenvalue weighted by Gasteiger charge is -2.27. The summed E-state index contributed by atoms with van der Waals surface area (Å²) in [6.07, 6.45) is 3.26. The first-order valence-electron chi connectivity index (χ1n) is 7.67. The van der Waals surface area contributed by atoms with Crippen molar-refractivity contribution < 1.29 is 13.9 Å². The molecule has 0 radical (unpaired) electrons. The molecule has 0 aromatic heterocycles. The Labute approximate surface area is 126 Å². The van der Waals surface area contributed by atoms with Gasteiger partial charge >= 0.3 is 0 Å². The summed E-state index contributed by atoms with van der Waals surface area (Å²) in [5, 5.41) is 0. The molecule has 1 aromatic rings. The van der Waals surface area contributed by atoms with E-state index in [2.05, 4.69) is 6.92 Å². The second-order valence-corrected chi connectivity index (χ2v) is 5.80. The lowest BCUT2D eigenvalue weighted by molar-refractivity contribution is -0.132. The van der Waals surface area contributed by atoms with Crippen LogP contribution in [0.15, 0.2) is 24.3 Å². The molecule has 2 rings (SSSR count). The zero-order valence-corrected chi connectivity index (χ0v) is 12.8. The number of methoxy groups -OCH3 is 1. The third-order valence-corrected chi connectivity index (χ3v) is 4.20. The molecule has 116 valence electrons. The molecule has 3 nitrogen and oxygen atoms in total. The molecule has 1 fully saturated rings. The minimum absolute atomic E-state index is 0.00984. The second-order valence-electron chi connectivity index (χ2n) is 5.80. The van der Waals surface area contributed by atoms with E-state index in [1.165, 1.54) is 6.07 Å². The Morgan fingerprint density at radius 2 is 2.24 bits per heavy atom. The molecule has 0 saturated carbocycles. The Morgan fingerprint density at radius 1 is 1.43 bits per heavy atom. The van der Waals surface area contributed by atoms with Gasteiger partial charge in [-0.2, -0.15) is 0 Å². The fourth-order valence-electron chi connectivity index (χ4n) is 3.09. The monoisotopic (exact) mass is 293 g/mol. The van der Waals surface area contributed by atoms with Gasteiger partial charge in [0.05, 0.1) is 6.04 Å². The summed E-state index contributed by atoms with van der Waals surface area (Å²) >= 11 is 0. The van der Waals surface area contributed by atoms with Crippen molar-refractivity contribution in [2.24, 2.45) is 5.92 Å². The summed E-state index contributed by atoms with van der Waals surface area (Å²) < 4.78 is 18.4. The van der Waals surface area contributed by atoms with E-state index in [1.54, 1.807) is 19.2 Å². The quantitative estimate of drug-likeness (QED) is 0.751. The molecule has 1 aliphatic rings. The van der Waals surface area contributed by atoms with Crippen molar-refractivity contribution in [3.8, 4) is 0 Å². The summed E-state index contributed by atoms with van der Waals surface area (Å²) in [6, 6.07) is 6.64. The fraction of sp³-hybridized carbons (Fsp3) is 0.588. The maximum absolute atomic E-state index is 13.4. The number of hydrogen-bond acceptors (Lipinski definition) is 2. The predicted molar refractivity (Wildman–Crippen MR) is 80.4 cm³/mol. The number of ether oxygens (including phenoxy) is 1. The molecular weight excluding hydrogens is 269 g/mol. The van der Waals surface area contributed by atoms with Crippen LogP contribution < -0.4 is 0 Å². The van der Waals surface area contributed by atoms with Crippen LogP contribution in [0, 0.1) is 11.7 Å². The first kappa shape index (κ1) is 16.0. The molecular formula is C17H24FNO2. The van der Waals surface area contributed by atoms with Crippen LogP contribution in [-0.2, 0) is 9.53 Å². The molecule has 0 N–H and O–H groups in total. The number of hydrogen-bond donors (Lipinski definition) is 0. The van der Waals surface area contributed by atoms with Crippen molar-refractivity contribution in [2.45, 2.75) is 38.6 Å². The maximum atomic E-state index is 13.4. The fourth-order valence-corrected chi connectivity index (χ4v) is 3.09. The average Bonchev–Trinajstić information content (AvgIpc) is 2.85. The van der Waals surface area contributed by atoms with Gasteiger partial charge in [-0.25, -0.2) is 4.39 Å². The predicted octanol–water partition coefficient (Wildman–Crippen LogP) is 3.55. The SMILES string of the molecule is COCCCCC(=O)N1CC[C@H](C)[C@@H]1c1cccc(F)c1. The van der Waals surface area contributed by atoms with Gasteiger partial charge in [-0.05, 0) is 42.9 Å². The van der Waals surface area contributed by atoms with Crippen molar-refractivity contribution in [3.63, 3.8) is 0 Å². The molecule has 2 atom stereocenters. The summed E-state index contributed by atoms with van der Waals surface area (Å²) in [6.45, 7) is 3.59. The van der Waals surface area contributed by atoms with E-state index in [0.29, 0.717) is 18.9 Å². The largest absolute Gasteiger partial charge is 0.385 e. The minimum Gasteiger partial charge on any atom is -0.385 e. The van der Waals surface area contributed by atoms with Crippen LogP contribution in [0.1, 0.15) is 44.2 Å². The van der Waals surface area contributed by atoms with Gasteiger partial charge in [0.15, 0.2) is 0 Å². The van der Waals surface area contributed by atoms with Crippen LogP contribution in [0.2, 0.25) is 0 Å². The number of unbranched alkanes of at least 4 members (excludes halogenated alkanes) is 1. The third-order valence-electron chi connectivity index (χ3n) is 4.20. The third kappa shape index (κ3) is 4.03. The lowest BCUT2D eigenvalue weighted by atomic mass is 9.95. The number of carbonyl (C=O) groups is 1. The molecule has 1 aromatic carbocycles. The van der Waals surface area contributed by atoms with Crippen LogP contribution in [-0.4, -0.2) is 31.1 Å². The number of nitrogens with zero attached hydrogens (tertiary/aromatic N) is 1. The number of rotatable bonds is 6. The molecule has 4 heteroatoms. The van der Waals surface area contributed by atoms with Gasteiger partial charge in [0.2, 0.25) is 5.91 Å². The van der Waals surface area contributed by atoms with Crippen LogP contribution in [0.3, 0.4) is 0 Å². The molecule has 1 saturated heterocycles. The summed E-state index contributed by atoms with van der Waals surface area (Å²) in [4.78, 5) is 14.3. The highest BCUT2D eigenvalue weighted by molar-refractivity contribution is 5.77. The summed E-state index contributed by atoms with van der Waals surface area (Å²) in [7, 11) is 1.67. The van der Waals surface area contributed by atoms with Crippen molar-refractivity contribution in [3.05, 3.63) is 35.6 Å². The zero-order valence-electron chi connectivity index (χ0n) is 12.8. The number of halogens is 1. The average molecular weight is 293 g/mol. The molecule has 0 unspecified atom stereocenters. The minimum atomic E-state index is -0.237. The van der Waals surface area contributed by atoms with Gasteiger partial charge in [0.25, 0.3) is 0 Å². The van der Waals surface area contributed by atoms with Crippen LogP contribution in [0.5, 0.6) is 0 Å². The van der Waals surface area contributed by atoms with Crippen LogP contribution in [0.25, 0.3) is 0 Å². The Morgan fingerprint density at radius 3 is 2.95 bits per heavy atom. The van der Waals surface area contributed by atoms with Gasteiger partial charge in [0, 0.05) is 26.7 Å². The molecule has 0 spiro atoms. The number of likely N-dealkylation sites (tertiary alicyclic amines) is 1. The summed E-state index contributed by atoms with van der Waals surface area (Å²) in [5.41, 5.74) is 0.908. The highest BCUT2D eigenvalue weighted by atomic mass is 19.1. The van der Waals surface area contributed by atoms with Gasteiger partial charge in [-0.3, -0.25) is 4.79 Å². The molecule has 21 heavy (non-hydrogen) atoms. The van der Waals surface area contributed by atoms with Gasteiger partial charge in [-0.15, -0.1) is 0 Å². The van der Waals surface area contributed by atoms with Crippen molar-refractivity contribution in [2.75, 3.05) is 20.3 Å². The summed E-state index contributed by atoms with van der Waals surface area (Å²) in [5.74, 6) is 0.304. The number of amides is 1. The Hall–Kier alpha value is -1.42. The topological polar surface area (TPSA) is 29.5 Å². The highest BCUT2D eigenvalue weighted by Crippen LogP contribution is 2.37. The van der Waals surface area contributed by atoms with Crippen molar-refractivity contribution in [1.82, 2.24) is 4.90 Å². The molecule has 1 heterocycles. The Kier molecular flexibility index (Phi) is 5.74. The van der Waals surface area contributed by atoms with Crippen LogP contribution >= 0.6 is 0 Å². The standard InChI is InChI=1S/C17H24FNO2/c1-13-9-10-19(16(20)8-3-4-11-21-2)17(13)14-6-5-7-15(18)12-14/h5-7,12-13,17H,3-4,8-11H2,1-2H3/t13-,17+/m0/s1. The van der Waals surface area contributed by atoms with E-state index < -0.39 is 0 Å². The maximum Gasteiger partial charge on any atom is 0.223 e. The van der Waals surface area contributed by atoms with Crippen molar-refractivity contribution in [1.29, 1.82) is 0 Å². The first-order chi connectivity index (χ1) is 10.1. The van der Waals surface area contributed by atoms with E-state index in [4.69, 9.17) is 4.74 Å². The van der Waals surface area contributed by atoms with E-state index in [9.17, 15) is 9.18 Å². The molecule has 1 aliphatic heterocycles. The molecule has 1 amide bonds. The van der Waals surface area contributed by atoms with E-state index in [0.717, 1.165) is 31.4 Å². The Balaban J connectivity index is 2.02. The normalized spacial score (nSPS) is 21.8. The van der Waals surface area contributed by atoms with Crippen LogP contribution in [0.4, 0.5) is 4.39 Å². The number of benzene rings is 1.